The van der Waals surface area contributed by atoms with Gasteiger partial charge in [-0.25, -0.2) is 0 Å². The van der Waals surface area contributed by atoms with E-state index in [2.05, 4.69) is 10.5 Å². The maximum Gasteiger partial charge on any atom is 0.416 e. The highest BCUT2D eigenvalue weighted by molar-refractivity contribution is 5.61. The Morgan fingerprint density at radius 1 is 1.22 bits per heavy atom. The number of hydrogen-bond acceptors (Lipinski definition) is 3. The van der Waals surface area contributed by atoms with Crippen molar-refractivity contribution in [3.63, 3.8) is 0 Å². The SMILES string of the molecule is CNCc1cnoc1-c1ccc(C(F)(F)F)cc1. The van der Waals surface area contributed by atoms with Crippen LogP contribution in [0.15, 0.2) is 35.0 Å². The zero-order chi connectivity index (χ0) is 13.2. The van der Waals surface area contributed by atoms with Crippen molar-refractivity contribution in [3.05, 3.63) is 41.6 Å². The van der Waals surface area contributed by atoms with Gasteiger partial charge in [0, 0.05) is 17.7 Å². The monoisotopic (exact) mass is 256 g/mol. The van der Waals surface area contributed by atoms with Crippen molar-refractivity contribution in [2.45, 2.75) is 12.7 Å². The fraction of sp³-hybridized carbons (Fsp3) is 0.250. The average molecular weight is 256 g/mol. The molecule has 0 saturated carbocycles. The van der Waals surface area contributed by atoms with Gasteiger partial charge in [0.15, 0.2) is 5.76 Å². The summed E-state index contributed by atoms with van der Waals surface area (Å²) < 4.78 is 42.3. The molecule has 0 spiro atoms. The van der Waals surface area contributed by atoms with E-state index >= 15 is 0 Å². The van der Waals surface area contributed by atoms with Gasteiger partial charge >= 0.3 is 6.18 Å². The van der Waals surface area contributed by atoms with Crippen molar-refractivity contribution in [2.75, 3.05) is 7.05 Å². The standard InChI is InChI=1S/C12H11F3N2O/c1-16-6-9-7-17-18-11(9)8-2-4-10(5-3-8)12(13,14)15/h2-5,7,16H,6H2,1H3. The number of nitrogens with one attached hydrogen (secondary N) is 1. The van der Waals surface area contributed by atoms with Gasteiger partial charge in [0.05, 0.1) is 11.8 Å². The largest absolute Gasteiger partial charge is 0.416 e. The van der Waals surface area contributed by atoms with Crippen LogP contribution < -0.4 is 5.32 Å². The van der Waals surface area contributed by atoms with E-state index in [0.29, 0.717) is 17.9 Å². The highest BCUT2D eigenvalue weighted by atomic mass is 19.4. The van der Waals surface area contributed by atoms with Gasteiger partial charge < -0.3 is 9.84 Å². The lowest BCUT2D eigenvalue weighted by Gasteiger charge is -2.07. The maximum atomic E-state index is 12.4. The number of rotatable bonds is 3. The normalized spacial score (nSPS) is 11.8. The quantitative estimate of drug-likeness (QED) is 0.917. The second-order valence-corrected chi connectivity index (χ2v) is 3.79. The zero-order valence-electron chi connectivity index (χ0n) is 9.58. The molecule has 0 aliphatic rings. The summed E-state index contributed by atoms with van der Waals surface area (Å²) in [5.41, 5.74) is 0.698. The molecule has 2 rings (SSSR count). The summed E-state index contributed by atoms with van der Waals surface area (Å²) in [7, 11) is 1.77. The molecule has 0 fully saturated rings. The third-order valence-electron chi connectivity index (χ3n) is 2.49. The minimum absolute atomic E-state index is 0.484. The smallest absolute Gasteiger partial charge is 0.356 e. The molecule has 0 radical (unpaired) electrons. The van der Waals surface area contributed by atoms with Gasteiger partial charge in [-0.3, -0.25) is 0 Å². The first-order chi connectivity index (χ1) is 8.52. The van der Waals surface area contributed by atoms with E-state index in [1.807, 2.05) is 0 Å². The first-order valence-corrected chi connectivity index (χ1v) is 5.28. The predicted octanol–water partition coefficient (Wildman–Crippen LogP) is 3.08. The van der Waals surface area contributed by atoms with Gasteiger partial charge in [-0.2, -0.15) is 13.2 Å². The Bertz CT molecular complexity index is 517. The summed E-state index contributed by atoms with van der Waals surface area (Å²) in [6.07, 6.45) is -2.78. The lowest BCUT2D eigenvalue weighted by atomic mass is 10.1. The van der Waals surface area contributed by atoms with Crippen molar-refractivity contribution in [1.82, 2.24) is 10.5 Å². The summed E-state index contributed by atoms with van der Waals surface area (Å²) in [5.74, 6) is 0.484. The summed E-state index contributed by atoms with van der Waals surface area (Å²) >= 11 is 0. The Balaban J connectivity index is 2.32. The minimum Gasteiger partial charge on any atom is -0.356 e. The number of benzene rings is 1. The number of aromatic nitrogens is 1. The molecule has 1 aromatic heterocycles. The van der Waals surface area contributed by atoms with E-state index in [9.17, 15) is 13.2 Å². The Morgan fingerprint density at radius 3 is 2.44 bits per heavy atom. The van der Waals surface area contributed by atoms with Crippen LogP contribution in [0.25, 0.3) is 11.3 Å². The van der Waals surface area contributed by atoms with Crippen molar-refractivity contribution < 1.29 is 17.7 Å². The Labute approximate surface area is 102 Å². The molecule has 1 aromatic carbocycles. The van der Waals surface area contributed by atoms with E-state index in [1.165, 1.54) is 12.1 Å². The van der Waals surface area contributed by atoms with Crippen LogP contribution in [0.4, 0.5) is 13.2 Å². The van der Waals surface area contributed by atoms with Crippen LogP contribution in [-0.2, 0) is 12.7 Å². The molecule has 2 aromatic rings. The predicted molar refractivity (Wildman–Crippen MR) is 59.7 cm³/mol. The molecule has 0 atom stereocenters. The lowest BCUT2D eigenvalue weighted by Crippen LogP contribution is -2.05. The number of nitrogens with zero attached hydrogens (tertiary/aromatic N) is 1. The highest BCUT2D eigenvalue weighted by Crippen LogP contribution is 2.31. The first kappa shape index (κ1) is 12.6. The van der Waals surface area contributed by atoms with Crippen molar-refractivity contribution in [2.24, 2.45) is 0 Å². The zero-order valence-corrected chi connectivity index (χ0v) is 9.58. The van der Waals surface area contributed by atoms with Gasteiger partial charge in [0.2, 0.25) is 0 Å². The Kier molecular flexibility index (Phi) is 3.38. The third-order valence-corrected chi connectivity index (χ3v) is 2.49. The first-order valence-electron chi connectivity index (χ1n) is 5.28. The fourth-order valence-electron chi connectivity index (χ4n) is 1.62. The number of hydrogen-bond donors (Lipinski definition) is 1. The molecule has 3 nitrogen and oxygen atoms in total. The van der Waals surface area contributed by atoms with Gasteiger partial charge in [0.1, 0.15) is 0 Å². The van der Waals surface area contributed by atoms with Gasteiger partial charge in [-0.05, 0) is 19.2 Å². The molecule has 0 unspecified atom stereocenters. The van der Waals surface area contributed by atoms with Gasteiger partial charge in [-0.15, -0.1) is 0 Å². The summed E-state index contributed by atoms with van der Waals surface area (Å²) in [4.78, 5) is 0. The lowest BCUT2D eigenvalue weighted by molar-refractivity contribution is -0.137. The van der Waals surface area contributed by atoms with Crippen LogP contribution in [0.3, 0.4) is 0 Å². The molecule has 6 heteroatoms. The van der Waals surface area contributed by atoms with Crippen molar-refractivity contribution in [1.29, 1.82) is 0 Å². The summed E-state index contributed by atoms with van der Waals surface area (Å²) in [6.45, 7) is 0.542. The van der Waals surface area contributed by atoms with Crippen LogP contribution in [0.1, 0.15) is 11.1 Å². The van der Waals surface area contributed by atoms with E-state index in [1.54, 1.807) is 13.2 Å². The topological polar surface area (TPSA) is 38.1 Å². The molecule has 0 amide bonds. The number of halogens is 3. The summed E-state index contributed by atoms with van der Waals surface area (Å²) in [6, 6.07) is 4.81. The van der Waals surface area contributed by atoms with Crippen LogP contribution in [0.2, 0.25) is 0 Å². The molecule has 0 aliphatic carbocycles. The van der Waals surface area contributed by atoms with Crippen LogP contribution in [-0.4, -0.2) is 12.2 Å². The highest BCUT2D eigenvalue weighted by Gasteiger charge is 2.30. The second-order valence-electron chi connectivity index (χ2n) is 3.79. The van der Waals surface area contributed by atoms with E-state index in [4.69, 9.17) is 4.52 Å². The molecule has 1 heterocycles. The Hall–Kier alpha value is -1.82. The van der Waals surface area contributed by atoms with E-state index in [-0.39, 0.29) is 0 Å². The number of alkyl halides is 3. The Morgan fingerprint density at radius 2 is 1.89 bits per heavy atom. The molecule has 0 aliphatic heterocycles. The average Bonchev–Trinajstić information content (AvgIpc) is 2.77. The van der Waals surface area contributed by atoms with Gasteiger partial charge in [0.25, 0.3) is 0 Å². The second kappa shape index (κ2) is 4.81. The molecule has 0 saturated heterocycles. The van der Waals surface area contributed by atoms with Crippen molar-refractivity contribution >= 4 is 0 Å². The fourth-order valence-corrected chi connectivity index (χ4v) is 1.62. The molecule has 96 valence electrons. The minimum atomic E-state index is -4.33. The van der Waals surface area contributed by atoms with E-state index < -0.39 is 11.7 Å². The molecule has 0 bridgehead atoms. The molecular weight excluding hydrogens is 245 g/mol. The molecule has 1 N–H and O–H groups in total. The van der Waals surface area contributed by atoms with Crippen LogP contribution in [0.5, 0.6) is 0 Å². The summed E-state index contributed by atoms with van der Waals surface area (Å²) in [5, 5.41) is 6.59. The molecule has 18 heavy (non-hydrogen) atoms. The molecular formula is C12H11F3N2O. The van der Waals surface area contributed by atoms with Crippen LogP contribution >= 0.6 is 0 Å². The van der Waals surface area contributed by atoms with Gasteiger partial charge in [-0.1, -0.05) is 17.3 Å². The van der Waals surface area contributed by atoms with Crippen LogP contribution in [0, 0.1) is 0 Å². The third kappa shape index (κ3) is 2.53. The maximum absolute atomic E-state index is 12.4. The van der Waals surface area contributed by atoms with Crippen molar-refractivity contribution in [3.8, 4) is 11.3 Å². The van der Waals surface area contributed by atoms with E-state index in [0.717, 1.165) is 17.7 Å².